The van der Waals surface area contributed by atoms with Gasteiger partial charge in [0.2, 0.25) is 0 Å². The van der Waals surface area contributed by atoms with E-state index < -0.39 is 23.9 Å². The van der Waals surface area contributed by atoms with Gasteiger partial charge in [-0.1, -0.05) is 12.1 Å². The third-order valence-electron chi connectivity index (χ3n) is 3.00. The minimum Gasteiger partial charge on any atom is -0.469 e. The summed E-state index contributed by atoms with van der Waals surface area (Å²) in [5.41, 5.74) is 1.17. The van der Waals surface area contributed by atoms with Crippen LogP contribution in [0.3, 0.4) is 0 Å². The second-order valence-corrected chi connectivity index (χ2v) is 4.77. The van der Waals surface area contributed by atoms with E-state index in [1.807, 2.05) is 0 Å². The highest BCUT2D eigenvalue weighted by Crippen LogP contribution is 2.09. The molecule has 0 aliphatic carbocycles. The Balaban J connectivity index is 2.77. The first-order chi connectivity index (χ1) is 10.5. The predicted octanol–water partition coefficient (Wildman–Crippen LogP) is 1.65. The zero-order valence-electron chi connectivity index (χ0n) is 12.4. The number of carbonyl (C=O) groups excluding carboxylic acids is 3. The fourth-order valence-electron chi connectivity index (χ4n) is 1.79. The number of carbonyl (C=O) groups is 3. The number of nitrogens with one attached hydrogen (secondary N) is 1. The van der Waals surface area contributed by atoms with Gasteiger partial charge in [0.25, 0.3) is 5.91 Å². The molecule has 1 atom stereocenters. The van der Waals surface area contributed by atoms with Crippen LogP contribution in [0, 0.1) is 0 Å². The summed E-state index contributed by atoms with van der Waals surface area (Å²) in [4.78, 5) is 35.0. The summed E-state index contributed by atoms with van der Waals surface area (Å²) in [7, 11) is 2.47. The fourth-order valence-corrected chi connectivity index (χ4v) is 1.96. The van der Waals surface area contributed by atoms with E-state index in [0.29, 0.717) is 5.56 Å². The molecule has 6 nitrogen and oxygen atoms in total. The van der Waals surface area contributed by atoms with Gasteiger partial charge in [-0.3, -0.25) is 9.59 Å². The number of alkyl halides is 1. The van der Waals surface area contributed by atoms with Gasteiger partial charge in [0.1, 0.15) is 6.04 Å². The van der Waals surface area contributed by atoms with Crippen LogP contribution in [0.15, 0.2) is 24.3 Å². The van der Waals surface area contributed by atoms with Crippen molar-refractivity contribution in [1.29, 1.82) is 0 Å². The molecule has 7 heteroatoms. The number of methoxy groups -OCH3 is 2. The zero-order chi connectivity index (χ0) is 16.5. The number of amides is 1. The van der Waals surface area contributed by atoms with E-state index in [1.165, 1.54) is 14.2 Å². The molecule has 120 valence electrons. The van der Waals surface area contributed by atoms with Gasteiger partial charge in [0.15, 0.2) is 0 Å². The summed E-state index contributed by atoms with van der Waals surface area (Å²) in [5, 5.41) is 2.55. The number of hydrogen-bond acceptors (Lipinski definition) is 5. The van der Waals surface area contributed by atoms with Crippen LogP contribution in [0.25, 0.3) is 0 Å². The summed E-state index contributed by atoms with van der Waals surface area (Å²) in [6.45, 7) is 0. The molecule has 1 N–H and O–H groups in total. The summed E-state index contributed by atoms with van der Waals surface area (Å²) in [6.07, 6.45) is 0.0958. The number of halogens is 1. The number of ether oxygens (including phenoxy) is 2. The van der Waals surface area contributed by atoms with Gasteiger partial charge in [-0.2, -0.15) is 0 Å². The molecular weight excluding hydrogens is 310 g/mol. The standard InChI is InChI=1S/C15H18ClNO5/c1-21-13(18)7-6-12(15(20)22-2)17-14(19)11-5-3-4-10(8-11)9-16/h3-5,8,12H,6-7,9H2,1-2H3,(H,17,19)/t12-/m0/s1. The van der Waals surface area contributed by atoms with Gasteiger partial charge in [0.05, 0.1) is 14.2 Å². The Morgan fingerprint density at radius 2 is 1.95 bits per heavy atom. The van der Waals surface area contributed by atoms with Crippen LogP contribution < -0.4 is 5.32 Å². The first-order valence-corrected chi connectivity index (χ1v) is 7.15. The van der Waals surface area contributed by atoms with Crippen LogP contribution in [-0.4, -0.2) is 38.1 Å². The molecule has 0 aliphatic rings. The van der Waals surface area contributed by atoms with E-state index in [1.54, 1.807) is 24.3 Å². The van der Waals surface area contributed by atoms with Gasteiger partial charge >= 0.3 is 11.9 Å². The van der Waals surface area contributed by atoms with Crippen molar-refractivity contribution in [3.63, 3.8) is 0 Å². The number of esters is 2. The second kappa shape index (κ2) is 9.04. The van der Waals surface area contributed by atoms with Gasteiger partial charge in [-0.05, 0) is 24.1 Å². The first kappa shape index (κ1) is 18.0. The van der Waals surface area contributed by atoms with Crippen molar-refractivity contribution in [2.45, 2.75) is 24.8 Å². The molecule has 0 spiro atoms. The molecule has 0 radical (unpaired) electrons. The lowest BCUT2D eigenvalue weighted by Gasteiger charge is -2.16. The molecule has 1 rings (SSSR count). The summed E-state index contributed by atoms with van der Waals surface area (Å²) < 4.78 is 9.15. The number of benzene rings is 1. The second-order valence-electron chi connectivity index (χ2n) is 4.50. The molecule has 1 amide bonds. The van der Waals surface area contributed by atoms with Gasteiger partial charge in [0, 0.05) is 17.9 Å². The Morgan fingerprint density at radius 3 is 2.55 bits per heavy atom. The Kier molecular flexibility index (Phi) is 7.39. The molecular formula is C15H18ClNO5. The lowest BCUT2D eigenvalue weighted by atomic mass is 10.1. The molecule has 0 saturated heterocycles. The Labute approximate surface area is 133 Å². The lowest BCUT2D eigenvalue weighted by Crippen LogP contribution is -2.41. The van der Waals surface area contributed by atoms with Gasteiger partial charge in [-0.25, -0.2) is 4.79 Å². The van der Waals surface area contributed by atoms with E-state index in [-0.39, 0.29) is 18.7 Å². The average Bonchev–Trinajstić information content (AvgIpc) is 2.57. The van der Waals surface area contributed by atoms with Crippen molar-refractivity contribution in [2.75, 3.05) is 14.2 Å². The Morgan fingerprint density at radius 1 is 1.23 bits per heavy atom. The van der Waals surface area contributed by atoms with E-state index in [4.69, 9.17) is 11.6 Å². The molecule has 0 bridgehead atoms. The maximum atomic E-state index is 12.2. The van der Waals surface area contributed by atoms with Crippen molar-refractivity contribution in [3.8, 4) is 0 Å². The monoisotopic (exact) mass is 327 g/mol. The predicted molar refractivity (Wildman–Crippen MR) is 80.5 cm³/mol. The molecule has 1 aromatic carbocycles. The molecule has 0 aromatic heterocycles. The van der Waals surface area contributed by atoms with E-state index >= 15 is 0 Å². The minimum atomic E-state index is -0.920. The van der Waals surface area contributed by atoms with Crippen LogP contribution in [-0.2, 0) is 24.9 Å². The first-order valence-electron chi connectivity index (χ1n) is 6.62. The van der Waals surface area contributed by atoms with Crippen molar-refractivity contribution in [2.24, 2.45) is 0 Å². The van der Waals surface area contributed by atoms with E-state index in [0.717, 1.165) is 5.56 Å². The maximum absolute atomic E-state index is 12.2. The highest BCUT2D eigenvalue weighted by molar-refractivity contribution is 6.17. The third kappa shape index (κ3) is 5.37. The van der Waals surface area contributed by atoms with Crippen LogP contribution in [0.1, 0.15) is 28.8 Å². The lowest BCUT2D eigenvalue weighted by molar-refractivity contribution is -0.144. The van der Waals surface area contributed by atoms with Crippen LogP contribution in [0.4, 0.5) is 0 Å². The Hall–Kier alpha value is -2.08. The molecule has 22 heavy (non-hydrogen) atoms. The fraction of sp³-hybridized carbons (Fsp3) is 0.400. The highest BCUT2D eigenvalue weighted by atomic mass is 35.5. The normalized spacial score (nSPS) is 11.4. The number of rotatable bonds is 7. The number of hydrogen-bond donors (Lipinski definition) is 1. The molecule has 0 fully saturated rings. The smallest absolute Gasteiger partial charge is 0.328 e. The third-order valence-corrected chi connectivity index (χ3v) is 3.31. The SMILES string of the molecule is COC(=O)CC[C@H](NC(=O)c1cccc(CCl)c1)C(=O)OC. The summed E-state index contributed by atoms with van der Waals surface area (Å²) in [5.74, 6) is -1.24. The van der Waals surface area contributed by atoms with Crippen LogP contribution in [0.5, 0.6) is 0 Å². The minimum absolute atomic E-state index is 0.00172. The molecule has 0 heterocycles. The van der Waals surface area contributed by atoms with Gasteiger partial charge in [-0.15, -0.1) is 11.6 Å². The topological polar surface area (TPSA) is 81.7 Å². The average molecular weight is 328 g/mol. The van der Waals surface area contributed by atoms with Crippen molar-refractivity contribution >= 4 is 29.4 Å². The van der Waals surface area contributed by atoms with Crippen molar-refractivity contribution in [3.05, 3.63) is 35.4 Å². The molecule has 0 saturated carbocycles. The van der Waals surface area contributed by atoms with E-state index in [2.05, 4.69) is 14.8 Å². The van der Waals surface area contributed by atoms with Crippen molar-refractivity contribution in [1.82, 2.24) is 5.32 Å². The summed E-state index contributed by atoms with van der Waals surface area (Å²) in [6, 6.07) is 5.82. The van der Waals surface area contributed by atoms with Crippen molar-refractivity contribution < 1.29 is 23.9 Å². The largest absolute Gasteiger partial charge is 0.469 e. The van der Waals surface area contributed by atoms with E-state index in [9.17, 15) is 14.4 Å². The highest BCUT2D eigenvalue weighted by Gasteiger charge is 2.23. The summed E-state index contributed by atoms with van der Waals surface area (Å²) >= 11 is 5.73. The van der Waals surface area contributed by atoms with Crippen LogP contribution in [0.2, 0.25) is 0 Å². The maximum Gasteiger partial charge on any atom is 0.328 e. The molecule has 0 unspecified atom stereocenters. The zero-order valence-corrected chi connectivity index (χ0v) is 13.2. The molecule has 1 aromatic rings. The molecule has 0 aliphatic heterocycles. The van der Waals surface area contributed by atoms with Gasteiger partial charge < -0.3 is 14.8 Å². The quantitative estimate of drug-likeness (QED) is 0.608. The Bertz CT molecular complexity index is 546. The van der Waals surface area contributed by atoms with Crippen LogP contribution >= 0.6 is 11.6 Å².